The van der Waals surface area contributed by atoms with Gasteiger partial charge in [-0.1, -0.05) is 18.2 Å². The van der Waals surface area contributed by atoms with Crippen LogP contribution in [0.3, 0.4) is 0 Å². The fraction of sp³-hybridized carbons (Fsp3) is 0.0909. The molecule has 0 unspecified atom stereocenters. The molecule has 2 N–H and O–H groups in total. The minimum atomic E-state index is 0.863. The second kappa shape index (κ2) is 3.23. The third kappa shape index (κ3) is 1.58. The van der Waals surface area contributed by atoms with Gasteiger partial charge in [0.2, 0.25) is 0 Å². The van der Waals surface area contributed by atoms with Crippen LogP contribution in [0.15, 0.2) is 35.7 Å². The fourth-order valence-electron chi connectivity index (χ4n) is 1.34. The molecule has 0 spiro atoms. The van der Waals surface area contributed by atoms with Crippen molar-refractivity contribution in [3.05, 3.63) is 41.3 Å². The highest BCUT2D eigenvalue weighted by atomic mass is 32.1. The van der Waals surface area contributed by atoms with Crippen molar-refractivity contribution in [1.29, 1.82) is 0 Å². The highest BCUT2D eigenvalue weighted by Crippen LogP contribution is 2.30. The molecule has 0 atom stereocenters. The predicted octanol–water partition coefficient (Wildman–Crippen LogP) is 3.31. The van der Waals surface area contributed by atoms with Crippen molar-refractivity contribution in [2.45, 2.75) is 6.92 Å². The Bertz CT molecular complexity index is 404. The van der Waals surface area contributed by atoms with Gasteiger partial charge in [-0.2, -0.15) is 0 Å². The summed E-state index contributed by atoms with van der Waals surface area (Å²) in [5.41, 5.74) is 9.13. The quantitative estimate of drug-likeness (QED) is 0.684. The number of thiophene rings is 1. The molecule has 2 rings (SSSR count). The molecule has 0 saturated carbocycles. The Morgan fingerprint density at radius 1 is 1.23 bits per heavy atom. The van der Waals surface area contributed by atoms with E-state index < -0.39 is 0 Å². The molecule has 1 nitrogen and oxygen atoms in total. The van der Waals surface area contributed by atoms with Crippen molar-refractivity contribution >= 4 is 17.0 Å². The van der Waals surface area contributed by atoms with Gasteiger partial charge in [-0.3, -0.25) is 0 Å². The van der Waals surface area contributed by atoms with Crippen LogP contribution in [0.25, 0.3) is 10.4 Å². The van der Waals surface area contributed by atoms with Crippen molar-refractivity contribution in [2.75, 3.05) is 5.73 Å². The molecule has 1 aromatic heterocycles. The topological polar surface area (TPSA) is 26.0 Å². The molecule has 2 heteroatoms. The molecule has 0 bridgehead atoms. The van der Waals surface area contributed by atoms with E-state index >= 15 is 0 Å². The molecule has 13 heavy (non-hydrogen) atoms. The van der Waals surface area contributed by atoms with Crippen LogP contribution in [-0.2, 0) is 0 Å². The lowest BCUT2D eigenvalue weighted by atomic mass is 10.1. The van der Waals surface area contributed by atoms with E-state index in [1.165, 1.54) is 10.4 Å². The second-order valence-corrected chi connectivity index (χ2v) is 4.02. The SMILES string of the molecule is Cc1ccc(-c2cccs2)c(N)c1. The van der Waals surface area contributed by atoms with E-state index in [-0.39, 0.29) is 0 Å². The van der Waals surface area contributed by atoms with Gasteiger partial charge >= 0.3 is 0 Å². The molecule has 0 aliphatic heterocycles. The summed E-state index contributed by atoms with van der Waals surface area (Å²) in [5.74, 6) is 0. The van der Waals surface area contributed by atoms with Crippen molar-refractivity contribution in [2.24, 2.45) is 0 Å². The second-order valence-electron chi connectivity index (χ2n) is 3.07. The van der Waals surface area contributed by atoms with Gasteiger partial charge in [0.25, 0.3) is 0 Å². The summed E-state index contributed by atoms with van der Waals surface area (Å²) in [6, 6.07) is 10.3. The summed E-state index contributed by atoms with van der Waals surface area (Å²) in [6.07, 6.45) is 0. The molecule has 1 aromatic carbocycles. The number of nitrogen functional groups attached to an aromatic ring is 1. The normalized spacial score (nSPS) is 10.2. The molecule has 0 amide bonds. The first-order valence-corrected chi connectivity index (χ1v) is 5.05. The Kier molecular flexibility index (Phi) is 2.07. The summed E-state index contributed by atoms with van der Waals surface area (Å²) in [5, 5.41) is 2.06. The van der Waals surface area contributed by atoms with Gasteiger partial charge in [0.05, 0.1) is 0 Å². The average Bonchev–Trinajstić information content (AvgIpc) is 2.56. The first kappa shape index (κ1) is 8.32. The number of hydrogen-bond donors (Lipinski definition) is 1. The van der Waals surface area contributed by atoms with Gasteiger partial charge in [0.1, 0.15) is 0 Å². The van der Waals surface area contributed by atoms with E-state index in [4.69, 9.17) is 5.73 Å². The van der Waals surface area contributed by atoms with Crippen LogP contribution in [0, 0.1) is 6.92 Å². The first-order valence-electron chi connectivity index (χ1n) is 4.17. The Hall–Kier alpha value is -1.28. The highest BCUT2D eigenvalue weighted by molar-refractivity contribution is 7.13. The number of anilines is 1. The van der Waals surface area contributed by atoms with Crippen LogP contribution in [0.2, 0.25) is 0 Å². The van der Waals surface area contributed by atoms with Gasteiger partial charge in [-0.05, 0) is 30.0 Å². The fourth-order valence-corrected chi connectivity index (χ4v) is 2.11. The van der Waals surface area contributed by atoms with Crippen LogP contribution in [-0.4, -0.2) is 0 Å². The number of benzene rings is 1. The number of nitrogens with two attached hydrogens (primary N) is 1. The Balaban J connectivity index is 2.53. The van der Waals surface area contributed by atoms with Gasteiger partial charge in [-0.25, -0.2) is 0 Å². The van der Waals surface area contributed by atoms with Crippen molar-refractivity contribution in [1.82, 2.24) is 0 Å². The number of hydrogen-bond acceptors (Lipinski definition) is 2. The summed E-state index contributed by atoms with van der Waals surface area (Å²) in [4.78, 5) is 1.23. The van der Waals surface area contributed by atoms with E-state index in [9.17, 15) is 0 Å². The molecule has 66 valence electrons. The minimum absolute atomic E-state index is 0.863. The third-order valence-corrected chi connectivity index (χ3v) is 2.90. The van der Waals surface area contributed by atoms with Crippen LogP contribution in [0.4, 0.5) is 5.69 Å². The zero-order valence-electron chi connectivity index (χ0n) is 7.45. The standard InChI is InChI=1S/C11H11NS/c1-8-4-5-9(10(12)7-8)11-3-2-6-13-11/h2-7H,12H2,1H3. The van der Waals surface area contributed by atoms with Crippen LogP contribution in [0.1, 0.15) is 5.56 Å². The molecule has 0 fully saturated rings. The van der Waals surface area contributed by atoms with Crippen molar-refractivity contribution in [3.63, 3.8) is 0 Å². The minimum Gasteiger partial charge on any atom is -0.398 e. The zero-order chi connectivity index (χ0) is 9.26. The van der Waals surface area contributed by atoms with Gasteiger partial charge < -0.3 is 5.73 Å². The maximum Gasteiger partial charge on any atom is 0.0404 e. The highest BCUT2D eigenvalue weighted by Gasteiger charge is 2.02. The largest absolute Gasteiger partial charge is 0.398 e. The van der Waals surface area contributed by atoms with E-state index in [2.05, 4.69) is 30.5 Å². The lowest BCUT2D eigenvalue weighted by Crippen LogP contribution is -1.88. The Morgan fingerprint density at radius 3 is 2.69 bits per heavy atom. The molecule has 0 radical (unpaired) electrons. The summed E-state index contributed by atoms with van der Waals surface area (Å²) in [7, 11) is 0. The van der Waals surface area contributed by atoms with E-state index in [1.807, 2.05) is 12.1 Å². The van der Waals surface area contributed by atoms with Crippen LogP contribution < -0.4 is 5.73 Å². The number of aryl methyl sites for hydroxylation is 1. The van der Waals surface area contributed by atoms with E-state index in [0.717, 1.165) is 11.3 Å². The average molecular weight is 189 g/mol. The molecule has 0 aliphatic rings. The molecule has 0 aliphatic carbocycles. The van der Waals surface area contributed by atoms with E-state index in [0.29, 0.717) is 0 Å². The number of rotatable bonds is 1. The molecular formula is C11H11NS. The summed E-state index contributed by atoms with van der Waals surface area (Å²) < 4.78 is 0. The molecule has 2 aromatic rings. The maximum atomic E-state index is 5.92. The summed E-state index contributed by atoms with van der Waals surface area (Å²) >= 11 is 1.72. The van der Waals surface area contributed by atoms with Gasteiger partial charge in [0.15, 0.2) is 0 Å². The molecule has 1 heterocycles. The smallest absolute Gasteiger partial charge is 0.0404 e. The Labute approximate surface area is 81.8 Å². The molecule has 0 saturated heterocycles. The maximum absolute atomic E-state index is 5.92. The third-order valence-electron chi connectivity index (χ3n) is 1.99. The predicted molar refractivity (Wildman–Crippen MR) is 58.9 cm³/mol. The molecular weight excluding hydrogens is 178 g/mol. The first-order chi connectivity index (χ1) is 6.27. The lowest BCUT2D eigenvalue weighted by molar-refractivity contribution is 1.48. The van der Waals surface area contributed by atoms with E-state index in [1.54, 1.807) is 11.3 Å². The van der Waals surface area contributed by atoms with Crippen LogP contribution >= 0.6 is 11.3 Å². The van der Waals surface area contributed by atoms with Crippen LogP contribution in [0.5, 0.6) is 0 Å². The van der Waals surface area contributed by atoms with Crippen molar-refractivity contribution < 1.29 is 0 Å². The van der Waals surface area contributed by atoms with Gasteiger partial charge in [0, 0.05) is 16.1 Å². The lowest BCUT2D eigenvalue weighted by Gasteiger charge is -2.03. The Morgan fingerprint density at radius 2 is 2.08 bits per heavy atom. The summed E-state index contributed by atoms with van der Waals surface area (Å²) in [6.45, 7) is 2.05. The van der Waals surface area contributed by atoms with Crippen molar-refractivity contribution in [3.8, 4) is 10.4 Å². The monoisotopic (exact) mass is 189 g/mol. The van der Waals surface area contributed by atoms with Gasteiger partial charge in [-0.15, -0.1) is 11.3 Å². The zero-order valence-corrected chi connectivity index (χ0v) is 8.27.